The summed E-state index contributed by atoms with van der Waals surface area (Å²) in [5, 5.41) is 0. The number of morpholine rings is 1. The summed E-state index contributed by atoms with van der Waals surface area (Å²) in [4.78, 5) is 13.9. The Morgan fingerprint density at radius 3 is 2.89 bits per heavy atom. The van der Waals surface area contributed by atoms with Gasteiger partial charge in [-0.25, -0.2) is 0 Å². The van der Waals surface area contributed by atoms with E-state index in [9.17, 15) is 4.79 Å². The minimum atomic E-state index is -0.124. The molecule has 1 aliphatic heterocycles. The molecule has 2 unspecified atom stereocenters. The molecule has 0 aromatic heterocycles. The lowest BCUT2D eigenvalue weighted by Crippen LogP contribution is -2.44. The number of carbonyl (C=O) groups is 1. The number of hydrogen-bond donors (Lipinski definition) is 0. The summed E-state index contributed by atoms with van der Waals surface area (Å²) in [6.45, 7) is 3.72. The van der Waals surface area contributed by atoms with Gasteiger partial charge in [0.15, 0.2) is 0 Å². The van der Waals surface area contributed by atoms with Crippen molar-refractivity contribution in [2.75, 3.05) is 25.6 Å². The number of carbonyl (C=O) groups excluding carboxylic acids is 1. The van der Waals surface area contributed by atoms with Crippen molar-refractivity contribution in [1.82, 2.24) is 4.90 Å². The molecule has 2 atom stereocenters. The van der Waals surface area contributed by atoms with Crippen molar-refractivity contribution < 1.29 is 9.53 Å². The molecule has 0 bridgehead atoms. The van der Waals surface area contributed by atoms with Crippen molar-refractivity contribution in [1.29, 1.82) is 0 Å². The number of hydrogen-bond acceptors (Lipinski definition) is 2. The van der Waals surface area contributed by atoms with Crippen LogP contribution in [0.1, 0.15) is 18.6 Å². The van der Waals surface area contributed by atoms with E-state index in [1.54, 1.807) is 0 Å². The SMILES string of the molecule is CC(CCl)C(=O)N1CCOC(c2ccccc2)C1. The second kappa shape index (κ2) is 6.21. The summed E-state index contributed by atoms with van der Waals surface area (Å²) in [6, 6.07) is 10.0. The molecule has 2 rings (SSSR count). The molecule has 0 radical (unpaired) electrons. The maximum Gasteiger partial charge on any atom is 0.226 e. The molecule has 3 nitrogen and oxygen atoms in total. The Morgan fingerprint density at radius 1 is 1.50 bits per heavy atom. The first-order chi connectivity index (χ1) is 8.72. The molecule has 0 spiro atoms. The van der Waals surface area contributed by atoms with Gasteiger partial charge >= 0.3 is 0 Å². The first-order valence-electron chi connectivity index (χ1n) is 6.23. The van der Waals surface area contributed by atoms with E-state index >= 15 is 0 Å². The molecule has 1 heterocycles. The van der Waals surface area contributed by atoms with Gasteiger partial charge in [0.1, 0.15) is 6.10 Å². The monoisotopic (exact) mass is 267 g/mol. The van der Waals surface area contributed by atoms with Crippen molar-refractivity contribution >= 4 is 17.5 Å². The normalized spacial score (nSPS) is 21.7. The van der Waals surface area contributed by atoms with Gasteiger partial charge in [0, 0.05) is 18.3 Å². The van der Waals surface area contributed by atoms with Crippen LogP contribution in [0.5, 0.6) is 0 Å². The van der Waals surface area contributed by atoms with Crippen LogP contribution in [-0.2, 0) is 9.53 Å². The smallest absolute Gasteiger partial charge is 0.226 e. The molecule has 4 heteroatoms. The number of nitrogens with zero attached hydrogens (tertiary/aromatic N) is 1. The molecule has 1 aliphatic rings. The van der Waals surface area contributed by atoms with Gasteiger partial charge in [0.2, 0.25) is 5.91 Å². The van der Waals surface area contributed by atoms with Crippen molar-refractivity contribution in [2.45, 2.75) is 13.0 Å². The molecule has 1 fully saturated rings. The molecule has 0 N–H and O–H groups in total. The molecular weight excluding hydrogens is 250 g/mol. The van der Waals surface area contributed by atoms with Crippen LogP contribution in [0.3, 0.4) is 0 Å². The average molecular weight is 268 g/mol. The van der Waals surface area contributed by atoms with Gasteiger partial charge in [-0.1, -0.05) is 37.3 Å². The average Bonchev–Trinajstić information content (AvgIpc) is 2.46. The number of halogens is 1. The van der Waals surface area contributed by atoms with E-state index in [0.29, 0.717) is 25.6 Å². The minimum absolute atomic E-state index is 0.0218. The summed E-state index contributed by atoms with van der Waals surface area (Å²) in [6.07, 6.45) is -0.0218. The molecular formula is C14H18ClNO2. The maximum atomic E-state index is 12.1. The Hall–Kier alpha value is -1.06. The summed E-state index contributed by atoms with van der Waals surface area (Å²) < 4.78 is 5.73. The molecule has 18 heavy (non-hydrogen) atoms. The predicted octanol–water partition coefficient (Wildman–Crippen LogP) is 2.46. The largest absolute Gasteiger partial charge is 0.370 e. The third-order valence-corrected chi connectivity index (χ3v) is 3.67. The highest BCUT2D eigenvalue weighted by molar-refractivity contribution is 6.19. The lowest BCUT2D eigenvalue weighted by atomic mass is 10.1. The summed E-state index contributed by atoms with van der Waals surface area (Å²) in [5.74, 6) is 0.363. The Morgan fingerprint density at radius 2 is 2.22 bits per heavy atom. The van der Waals surface area contributed by atoms with Crippen LogP contribution in [0.25, 0.3) is 0 Å². The Labute approximate surface area is 113 Å². The Balaban J connectivity index is 2.03. The number of amides is 1. The van der Waals surface area contributed by atoms with Crippen LogP contribution in [-0.4, -0.2) is 36.4 Å². The van der Waals surface area contributed by atoms with Gasteiger partial charge in [0.05, 0.1) is 13.2 Å². The van der Waals surface area contributed by atoms with Crippen molar-refractivity contribution in [3.63, 3.8) is 0 Å². The van der Waals surface area contributed by atoms with E-state index in [1.165, 1.54) is 0 Å². The van der Waals surface area contributed by atoms with Crippen LogP contribution < -0.4 is 0 Å². The zero-order valence-corrected chi connectivity index (χ0v) is 11.3. The fourth-order valence-corrected chi connectivity index (χ4v) is 2.23. The number of alkyl halides is 1. The summed E-state index contributed by atoms with van der Waals surface area (Å²) in [5.41, 5.74) is 1.12. The molecule has 0 saturated carbocycles. The van der Waals surface area contributed by atoms with E-state index in [2.05, 4.69) is 0 Å². The topological polar surface area (TPSA) is 29.5 Å². The van der Waals surface area contributed by atoms with Crippen LogP contribution in [0, 0.1) is 5.92 Å². The van der Waals surface area contributed by atoms with E-state index in [4.69, 9.17) is 16.3 Å². The van der Waals surface area contributed by atoms with Crippen LogP contribution in [0.2, 0.25) is 0 Å². The van der Waals surface area contributed by atoms with Gasteiger partial charge in [-0.3, -0.25) is 4.79 Å². The van der Waals surface area contributed by atoms with E-state index in [0.717, 1.165) is 5.56 Å². The van der Waals surface area contributed by atoms with Gasteiger partial charge < -0.3 is 9.64 Å². The van der Waals surface area contributed by atoms with Gasteiger partial charge in [-0.05, 0) is 5.56 Å². The fraction of sp³-hybridized carbons (Fsp3) is 0.500. The fourth-order valence-electron chi connectivity index (χ4n) is 2.10. The number of benzene rings is 1. The lowest BCUT2D eigenvalue weighted by molar-refractivity contribution is -0.142. The van der Waals surface area contributed by atoms with E-state index < -0.39 is 0 Å². The number of rotatable bonds is 3. The first kappa shape index (κ1) is 13.4. The van der Waals surface area contributed by atoms with Crippen molar-refractivity contribution in [3.8, 4) is 0 Å². The highest BCUT2D eigenvalue weighted by Gasteiger charge is 2.27. The molecule has 1 saturated heterocycles. The Kier molecular flexibility index (Phi) is 4.61. The zero-order valence-electron chi connectivity index (χ0n) is 10.5. The lowest BCUT2D eigenvalue weighted by Gasteiger charge is -2.34. The van der Waals surface area contributed by atoms with Crippen LogP contribution in [0.15, 0.2) is 30.3 Å². The quantitative estimate of drug-likeness (QED) is 0.788. The minimum Gasteiger partial charge on any atom is -0.370 e. The second-order valence-corrected chi connectivity index (χ2v) is 4.92. The highest BCUT2D eigenvalue weighted by atomic mass is 35.5. The van der Waals surface area contributed by atoms with Crippen molar-refractivity contribution in [2.24, 2.45) is 5.92 Å². The molecule has 1 aromatic carbocycles. The Bertz CT molecular complexity index is 396. The molecule has 1 amide bonds. The second-order valence-electron chi connectivity index (χ2n) is 4.61. The molecule has 0 aliphatic carbocycles. The summed E-state index contributed by atoms with van der Waals surface area (Å²) in [7, 11) is 0. The summed E-state index contributed by atoms with van der Waals surface area (Å²) >= 11 is 5.74. The molecule has 1 aromatic rings. The van der Waals surface area contributed by atoms with Crippen LogP contribution >= 0.6 is 11.6 Å². The molecule has 98 valence electrons. The van der Waals surface area contributed by atoms with Crippen molar-refractivity contribution in [3.05, 3.63) is 35.9 Å². The number of ether oxygens (including phenoxy) is 1. The van der Waals surface area contributed by atoms with Gasteiger partial charge in [-0.15, -0.1) is 11.6 Å². The van der Waals surface area contributed by atoms with E-state index in [-0.39, 0.29) is 17.9 Å². The van der Waals surface area contributed by atoms with Crippen LogP contribution in [0.4, 0.5) is 0 Å². The highest BCUT2D eigenvalue weighted by Crippen LogP contribution is 2.23. The standard InChI is InChI=1S/C14H18ClNO2/c1-11(9-15)14(17)16-7-8-18-13(10-16)12-5-3-2-4-6-12/h2-6,11,13H,7-10H2,1H3. The van der Waals surface area contributed by atoms with Gasteiger partial charge in [0.25, 0.3) is 0 Å². The maximum absolute atomic E-state index is 12.1. The first-order valence-corrected chi connectivity index (χ1v) is 6.77. The van der Waals surface area contributed by atoms with Gasteiger partial charge in [-0.2, -0.15) is 0 Å². The third kappa shape index (κ3) is 3.03. The predicted molar refractivity (Wildman–Crippen MR) is 71.6 cm³/mol. The zero-order chi connectivity index (χ0) is 13.0. The third-order valence-electron chi connectivity index (χ3n) is 3.20. The van der Waals surface area contributed by atoms with E-state index in [1.807, 2.05) is 42.2 Å².